The number of urea groups is 1. The first kappa shape index (κ1) is 18.8. The second-order valence-electron chi connectivity index (χ2n) is 7.11. The van der Waals surface area contributed by atoms with Gasteiger partial charge in [0, 0.05) is 65.3 Å². The zero-order chi connectivity index (χ0) is 19.8. The number of likely N-dealkylation sites (tertiary alicyclic amines) is 1. The van der Waals surface area contributed by atoms with E-state index < -0.39 is 5.54 Å². The van der Waals surface area contributed by atoms with E-state index in [0.717, 1.165) is 10.5 Å². The van der Waals surface area contributed by atoms with Gasteiger partial charge < -0.3 is 14.7 Å². The Labute approximate surface area is 158 Å². The van der Waals surface area contributed by atoms with Gasteiger partial charge in [-0.05, 0) is 18.9 Å². The molecule has 0 bridgehead atoms. The molecule has 3 rings (SSSR count). The van der Waals surface area contributed by atoms with E-state index in [1.165, 1.54) is 18.0 Å². The summed E-state index contributed by atoms with van der Waals surface area (Å²) in [6.45, 7) is 0.854. The summed E-state index contributed by atoms with van der Waals surface area (Å²) in [5, 5.41) is 0. The highest BCUT2D eigenvalue weighted by Crippen LogP contribution is 2.35. The predicted octanol–water partition coefficient (Wildman–Crippen LogP) is 0.441. The molecule has 0 N–H and O–H groups in total. The number of rotatable bonds is 3. The molecular weight excluding hydrogens is 348 g/mol. The summed E-state index contributed by atoms with van der Waals surface area (Å²) in [6.07, 6.45) is 7.37. The number of likely N-dealkylation sites (N-methyl/N-ethyl adjacent to an activating group) is 2. The molecule has 1 spiro atoms. The highest BCUT2D eigenvalue weighted by atomic mass is 16.2. The molecule has 0 radical (unpaired) electrons. The number of anilines is 1. The Kier molecular flexibility index (Phi) is 4.86. The molecule has 4 amide bonds. The molecule has 9 nitrogen and oxygen atoms in total. The smallest absolute Gasteiger partial charge is 0.327 e. The van der Waals surface area contributed by atoms with Gasteiger partial charge in [-0.15, -0.1) is 0 Å². The van der Waals surface area contributed by atoms with Crippen molar-refractivity contribution in [3.63, 3.8) is 0 Å². The molecule has 2 fully saturated rings. The molecule has 144 valence electrons. The molecule has 2 aliphatic rings. The van der Waals surface area contributed by atoms with Gasteiger partial charge in [0.2, 0.25) is 11.9 Å². The Morgan fingerprint density at radius 3 is 2.22 bits per heavy atom. The zero-order valence-electron chi connectivity index (χ0n) is 16.0. The maximum absolute atomic E-state index is 12.5. The summed E-state index contributed by atoms with van der Waals surface area (Å²) in [5.74, 6) is 0.287. The zero-order valence-corrected chi connectivity index (χ0v) is 16.0. The van der Waals surface area contributed by atoms with Crippen LogP contribution in [0.3, 0.4) is 0 Å². The predicted molar refractivity (Wildman–Crippen MR) is 99.9 cm³/mol. The maximum Gasteiger partial charge on any atom is 0.327 e. The van der Waals surface area contributed by atoms with Crippen LogP contribution < -0.4 is 4.90 Å². The number of hydrogen-bond donors (Lipinski definition) is 0. The Hall–Kier alpha value is -2.97. The molecule has 0 atom stereocenters. The van der Waals surface area contributed by atoms with E-state index in [1.54, 1.807) is 35.3 Å². The lowest BCUT2D eigenvalue weighted by atomic mass is 9.86. The fourth-order valence-electron chi connectivity index (χ4n) is 3.52. The van der Waals surface area contributed by atoms with Gasteiger partial charge in [0.25, 0.3) is 5.91 Å². The number of nitrogens with zero attached hydrogens (tertiary/aromatic N) is 6. The number of piperidine rings is 1. The first-order chi connectivity index (χ1) is 12.8. The third kappa shape index (κ3) is 3.24. The van der Waals surface area contributed by atoms with Crippen LogP contribution in [0.2, 0.25) is 0 Å². The largest absolute Gasteiger partial charge is 0.347 e. The van der Waals surface area contributed by atoms with Crippen LogP contribution in [0.4, 0.5) is 10.7 Å². The van der Waals surface area contributed by atoms with E-state index in [1.807, 2.05) is 14.1 Å². The summed E-state index contributed by atoms with van der Waals surface area (Å²) >= 11 is 0. The Bertz CT molecular complexity index is 781. The molecule has 2 aliphatic heterocycles. The van der Waals surface area contributed by atoms with Crippen molar-refractivity contribution in [3.05, 3.63) is 24.0 Å². The van der Waals surface area contributed by atoms with Crippen molar-refractivity contribution >= 4 is 29.9 Å². The second-order valence-corrected chi connectivity index (χ2v) is 7.11. The van der Waals surface area contributed by atoms with Gasteiger partial charge >= 0.3 is 6.03 Å². The molecular formula is C18H24N6O3. The topological polar surface area (TPSA) is 90.0 Å². The molecule has 1 aromatic heterocycles. The molecule has 9 heteroatoms. The number of hydrogen-bond acceptors (Lipinski definition) is 6. The van der Waals surface area contributed by atoms with Crippen molar-refractivity contribution in [3.8, 4) is 0 Å². The fourth-order valence-corrected chi connectivity index (χ4v) is 3.52. The second kappa shape index (κ2) is 6.98. The van der Waals surface area contributed by atoms with Gasteiger partial charge in [0.05, 0.1) is 0 Å². The third-order valence-electron chi connectivity index (χ3n) is 5.30. The summed E-state index contributed by atoms with van der Waals surface area (Å²) in [6, 6.07) is -0.291. The van der Waals surface area contributed by atoms with Gasteiger partial charge in [-0.25, -0.2) is 14.8 Å². The lowest BCUT2D eigenvalue weighted by Crippen LogP contribution is -2.56. The first-order valence-corrected chi connectivity index (χ1v) is 8.78. The van der Waals surface area contributed by atoms with E-state index >= 15 is 0 Å². The summed E-state index contributed by atoms with van der Waals surface area (Å²) in [5.41, 5.74) is -0.0808. The normalized spacial score (nSPS) is 19.5. The quantitative estimate of drug-likeness (QED) is 0.565. The number of imide groups is 1. The molecule has 0 unspecified atom stereocenters. The van der Waals surface area contributed by atoms with Crippen LogP contribution in [-0.4, -0.2) is 89.3 Å². The highest BCUT2D eigenvalue weighted by molar-refractivity contribution is 6.06. The van der Waals surface area contributed by atoms with Gasteiger partial charge in [-0.2, -0.15) is 0 Å². The number of aromatic nitrogens is 2. The fraction of sp³-hybridized carbons (Fsp3) is 0.500. The van der Waals surface area contributed by atoms with Crippen LogP contribution in [-0.2, 0) is 9.59 Å². The molecule has 0 aliphatic carbocycles. The molecule has 2 saturated heterocycles. The minimum Gasteiger partial charge on any atom is -0.347 e. The molecule has 0 aromatic carbocycles. The van der Waals surface area contributed by atoms with Crippen molar-refractivity contribution in [2.45, 2.75) is 18.4 Å². The van der Waals surface area contributed by atoms with E-state index in [2.05, 4.69) is 9.97 Å². The van der Waals surface area contributed by atoms with Gasteiger partial charge in [0.1, 0.15) is 5.54 Å². The highest BCUT2D eigenvalue weighted by Gasteiger charge is 2.55. The maximum atomic E-state index is 12.5. The molecule has 27 heavy (non-hydrogen) atoms. The van der Waals surface area contributed by atoms with Gasteiger partial charge in [-0.3, -0.25) is 14.5 Å². The average Bonchev–Trinajstić information content (AvgIpc) is 2.83. The average molecular weight is 372 g/mol. The first-order valence-electron chi connectivity index (χ1n) is 8.78. The van der Waals surface area contributed by atoms with Crippen LogP contribution >= 0.6 is 0 Å². The van der Waals surface area contributed by atoms with E-state index in [0.29, 0.717) is 31.9 Å². The summed E-state index contributed by atoms with van der Waals surface area (Å²) < 4.78 is 0. The van der Waals surface area contributed by atoms with Crippen molar-refractivity contribution in [1.29, 1.82) is 0 Å². The minimum atomic E-state index is -0.817. The lowest BCUT2D eigenvalue weighted by Gasteiger charge is -2.40. The molecule has 0 saturated carbocycles. The lowest BCUT2D eigenvalue weighted by molar-refractivity contribution is -0.138. The van der Waals surface area contributed by atoms with Crippen molar-refractivity contribution in [2.24, 2.45) is 0 Å². The van der Waals surface area contributed by atoms with Crippen LogP contribution in [0.25, 0.3) is 6.08 Å². The van der Waals surface area contributed by atoms with E-state index in [-0.39, 0.29) is 17.8 Å². The Morgan fingerprint density at radius 1 is 1.15 bits per heavy atom. The van der Waals surface area contributed by atoms with Crippen LogP contribution in [0, 0.1) is 0 Å². The number of carbonyl (C=O) groups excluding carboxylic acids is 3. The third-order valence-corrected chi connectivity index (χ3v) is 5.30. The summed E-state index contributed by atoms with van der Waals surface area (Å²) in [7, 11) is 6.86. The SMILES string of the molecule is CN1C(=O)N(C)C2(CCN(C(=O)/C=C/c3cnc(N(C)C)nc3)CC2)C1=O. The molecule has 1 aromatic rings. The van der Waals surface area contributed by atoms with Crippen LogP contribution in [0.15, 0.2) is 18.5 Å². The van der Waals surface area contributed by atoms with Gasteiger partial charge in [-0.1, -0.05) is 0 Å². The van der Waals surface area contributed by atoms with Gasteiger partial charge in [0.15, 0.2) is 0 Å². The van der Waals surface area contributed by atoms with Crippen molar-refractivity contribution in [2.75, 3.05) is 46.2 Å². The standard InChI is InChI=1S/C18H24N6O3/c1-21(2)16-19-11-13(12-20-16)5-6-14(25)24-9-7-18(8-10-24)15(26)22(3)17(27)23(18)4/h5-6,11-12H,7-10H2,1-4H3/b6-5+. The molecule has 3 heterocycles. The van der Waals surface area contributed by atoms with E-state index in [4.69, 9.17) is 0 Å². The number of carbonyl (C=O) groups is 3. The Morgan fingerprint density at radius 2 is 1.74 bits per heavy atom. The summed E-state index contributed by atoms with van der Waals surface area (Å²) in [4.78, 5) is 51.6. The van der Waals surface area contributed by atoms with Crippen molar-refractivity contribution < 1.29 is 14.4 Å². The minimum absolute atomic E-state index is 0.130. The number of amides is 4. The monoisotopic (exact) mass is 372 g/mol. The van der Waals surface area contributed by atoms with Crippen molar-refractivity contribution in [1.82, 2.24) is 24.7 Å². The Balaban J connectivity index is 1.62. The van der Waals surface area contributed by atoms with Crippen LogP contribution in [0.5, 0.6) is 0 Å². The van der Waals surface area contributed by atoms with Crippen LogP contribution in [0.1, 0.15) is 18.4 Å². The van der Waals surface area contributed by atoms with E-state index in [9.17, 15) is 14.4 Å².